The zero-order valence-electron chi connectivity index (χ0n) is 6.67. The SMILES string of the molecule is CC(C#N)N(C)CC1CC1. The molecule has 10 heavy (non-hydrogen) atoms. The van der Waals surface area contributed by atoms with Crippen LogP contribution in [0.25, 0.3) is 0 Å². The van der Waals surface area contributed by atoms with Crippen LogP contribution in [0, 0.1) is 17.2 Å². The quantitative estimate of drug-likeness (QED) is 0.586. The van der Waals surface area contributed by atoms with Gasteiger partial charge >= 0.3 is 0 Å². The number of hydrogen-bond acceptors (Lipinski definition) is 2. The Hall–Kier alpha value is -0.550. The van der Waals surface area contributed by atoms with E-state index in [1.807, 2.05) is 14.0 Å². The van der Waals surface area contributed by atoms with Crippen LogP contribution in [0.2, 0.25) is 0 Å². The second-order valence-electron chi connectivity index (χ2n) is 3.19. The van der Waals surface area contributed by atoms with Crippen molar-refractivity contribution in [1.82, 2.24) is 4.90 Å². The Labute approximate surface area is 62.4 Å². The predicted molar refractivity (Wildman–Crippen MR) is 40.4 cm³/mol. The molecule has 0 heterocycles. The van der Waals surface area contributed by atoms with E-state index in [2.05, 4.69) is 11.0 Å². The third kappa shape index (κ3) is 2.00. The molecular formula is C8H14N2. The Morgan fingerprint density at radius 1 is 1.70 bits per heavy atom. The first kappa shape index (κ1) is 7.56. The van der Waals surface area contributed by atoms with E-state index in [1.54, 1.807) is 0 Å². The van der Waals surface area contributed by atoms with E-state index in [0.717, 1.165) is 12.5 Å². The molecule has 1 saturated carbocycles. The van der Waals surface area contributed by atoms with Gasteiger partial charge in [-0.1, -0.05) is 0 Å². The summed E-state index contributed by atoms with van der Waals surface area (Å²) in [5.41, 5.74) is 0. The van der Waals surface area contributed by atoms with Crippen molar-refractivity contribution in [2.75, 3.05) is 13.6 Å². The smallest absolute Gasteiger partial charge is 0.0946 e. The summed E-state index contributed by atoms with van der Waals surface area (Å²) in [6.07, 6.45) is 2.73. The van der Waals surface area contributed by atoms with Crippen molar-refractivity contribution < 1.29 is 0 Å². The number of nitrogens with zero attached hydrogens (tertiary/aromatic N) is 2. The van der Waals surface area contributed by atoms with Gasteiger partial charge in [0.25, 0.3) is 0 Å². The van der Waals surface area contributed by atoms with E-state index in [4.69, 9.17) is 5.26 Å². The molecule has 0 radical (unpaired) electrons. The summed E-state index contributed by atoms with van der Waals surface area (Å²) in [5.74, 6) is 0.890. The molecule has 1 aliphatic rings. The standard InChI is InChI=1S/C8H14N2/c1-7(5-9)10(2)6-8-3-4-8/h7-8H,3-4,6H2,1-2H3. The summed E-state index contributed by atoms with van der Waals surface area (Å²) < 4.78 is 0. The van der Waals surface area contributed by atoms with E-state index >= 15 is 0 Å². The van der Waals surface area contributed by atoms with Crippen LogP contribution >= 0.6 is 0 Å². The molecule has 1 aliphatic carbocycles. The van der Waals surface area contributed by atoms with E-state index in [1.165, 1.54) is 12.8 Å². The van der Waals surface area contributed by atoms with Crippen molar-refractivity contribution in [3.05, 3.63) is 0 Å². The molecule has 0 aromatic rings. The van der Waals surface area contributed by atoms with Gasteiger partial charge in [-0.3, -0.25) is 4.90 Å². The lowest BCUT2D eigenvalue weighted by Crippen LogP contribution is -2.29. The molecule has 0 N–H and O–H groups in total. The molecule has 2 heteroatoms. The highest BCUT2D eigenvalue weighted by molar-refractivity contribution is 4.88. The number of nitriles is 1. The molecule has 56 valence electrons. The van der Waals surface area contributed by atoms with Crippen LogP contribution in [0.5, 0.6) is 0 Å². The molecule has 0 spiro atoms. The highest BCUT2D eigenvalue weighted by Crippen LogP contribution is 2.29. The summed E-state index contributed by atoms with van der Waals surface area (Å²) in [6.45, 7) is 3.05. The largest absolute Gasteiger partial charge is 0.291 e. The Morgan fingerprint density at radius 2 is 2.30 bits per heavy atom. The predicted octanol–water partition coefficient (Wildman–Crippen LogP) is 1.24. The van der Waals surface area contributed by atoms with E-state index in [0.29, 0.717) is 0 Å². The highest BCUT2D eigenvalue weighted by Gasteiger charge is 2.24. The van der Waals surface area contributed by atoms with Gasteiger partial charge in [-0.05, 0) is 32.7 Å². The lowest BCUT2D eigenvalue weighted by molar-refractivity contribution is 0.290. The molecular weight excluding hydrogens is 124 g/mol. The first-order valence-corrected chi connectivity index (χ1v) is 3.84. The van der Waals surface area contributed by atoms with Crippen LogP contribution < -0.4 is 0 Å². The van der Waals surface area contributed by atoms with Gasteiger partial charge in [0.1, 0.15) is 0 Å². The fourth-order valence-corrected chi connectivity index (χ4v) is 0.964. The van der Waals surface area contributed by atoms with Gasteiger partial charge in [0, 0.05) is 6.54 Å². The van der Waals surface area contributed by atoms with Gasteiger partial charge in [0.05, 0.1) is 12.1 Å². The van der Waals surface area contributed by atoms with E-state index < -0.39 is 0 Å². The third-order valence-electron chi connectivity index (χ3n) is 2.09. The molecule has 0 aromatic carbocycles. The lowest BCUT2D eigenvalue weighted by atomic mass is 10.3. The maximum absolute atomic E-state index is 8.55. The Morgan fingerprint density at radius 3 is 2.70 bits per heavy atom. The fourth-order valence-electron chi connectivity index (χ4n) is 0.964. The molecule has 2 nitrogen and oxygen atoms in total. The van der Waals surface area contributed by atoms with E-state index in [9.17, 15) is 0 Å². The molecule has 1 fully saturated rings. The topological polar surface area (TPSA) is 27.0 Å². The third-order valence-corrected chi connectivity index (χ3v) is 2.09. The van der Waals surface area contributed by atoms with Crippen LogP contribution in [0.1, 0.15) is 19.8 Å². The maximum Gasteiger partial charge on any atom is 0.0946 e. The average molecular weight is 138 g/mol. The Bertz CT molecular complexity index is 144. The summed E-state index contributed by atoms with van der Waals surface area (Å²) in [5, 5.41) is 8.55. The van der Waals surface area contributed by atoms with Crippen LogP contribution in [-0.4, -0.2) is 24.5 Å². The van der Waals surface area contributed by atoms with Gasteiger partial charge in [0.2, 0.25) is 0 Å². The minimum atomic E-state index is 0.0839. The first-order valence-electron chi connectivity index (χ1n) is 3.84. The molecule has 0 aliphatic heterocycles. The molecule has 0 amide bonds. The first-order chi connectivity index (χ1) is 4.74. The number of hydrogen-bond donors (Lipinski definition) is 0. The zero-order chi connectivity index (χ0) is 7.56. The van der Waals surface area contributed by atoms with Gasteiger partial charge < -0.3 is 0 Å². The zero-order valence-corrected chi connectivity index (χ0v) is 6.67. The molecule has 1 unspecified atom stereocenters. The fraction of sp³-hybridized carbons (Fsp3) is 0.875. The van der Waals surface area contributed by atoms with Gasteiger partial charge in [-0.15, -0.1) is 0 Å². The molecule has 0 saturated heterocycles. The molecule has 1 rings (SSSR count). The van der Waals surface area contributed by atoms with Crippen molar-refractivity contribution in [3.63, 3.8) is 0 Å². The lowest BCUT2D eigenvalue weighted by Gasteiger charge is -2.17. The van der Waals surface area contributed by atoms with Crippen LogP contribution in [0.15, 0.2) is 0 Å². The van der Waals surface area contributed by atoms with Crippen LogP contribution in [0.3, 0.4) is 0 Å². The van der Waals surface area contributed by atoms with Gasteiger partial charge in [0.15, 0.2) is 0 Å². The van der Waals surface area contributed by atoms with Crippen molar-refractivity contribution in [3.8, 4) is 6.07 Å². The van der Waals surface area contributed by atoms with E-state index in [-0.39, 0.29) is 6.04 Å². The Balaban J connectivity index is 2.19. The van der Waals surface area contributed by atoms with Crippen molar-refractivity contribution >= 4 is 0 Å². The normalized spacial score (nSPS) is 20.6. The second-order valence-corrected chi connectivity index (χ2v) is 3.19. The number of rotatable bonds is 3. The Kier molecular flexibility index (Phi) is 2.29. The molecule has 0 bridgehead atoms. The van der Waals surface area contributed by atoms with Crippen molar-refractivity contribution in [1.29, 1.82) is 5.26 Å². The summed E-state index contributed by atoms with van der Waals surface area (Å²) in [4.78, 5) is 2.12. The minimum absolute atomic E-state index is 0.0839. The highest BCUT2D eigenvalue weighted by atomic mass is 15.1. The van der Waals surface area contributed by atoms with Crippen molar-refractivity contribution in [2.24, 2.45) is 5.92 Å². The molecule has 1 atom stereocenters. The minimum Gasteiger partial charge on any atom is -0.291 e. The van der Waals surface area contributed by atoms with Crippen LogP contribution in [0.4, 0.5) is 0 Å². The second kappa shape index (κ2) is 3.03. The summed E-state index contributed by atoms with van der Waals surface area (Å²) in [6, 6.07) is 2.31. The maximum atomic E-state index is 8.55. The molecule has 0 aromatic heterocycles. The van der Waals surface area contributed by atoms with Gasteiger partial charge in [-0.2, -0.15) is 5.26 Å². The van der Waals surface area contributed by atoms with Crippen molar-refractivity contribution in [2.45, 2.75) is 25.8 Å². The van der Waals surface area contributed by atoms with Crippen LogP contribution in [-0.2, 0) is 0 Å². The average Bonchev–Trinajstić information content (AvgIpc) is 2.70. The summed E-state index contributed by atoms with van der Waals surface area (Å²) in [7, 11) is 2.02. The monoisotopic (exact) mass is 138 g/mol. The summed E-state index contributed by atoms with van der Waals surface area (Å²) >= 11 is 0. The van der Waals surface area contributed by atoms with Gasteiger partial charge in [-0.25, -0.2) is 0 Å².